The van der Waals surface area contributed by atoms with Gasteiger partial charge in [-0.25, -0.2) is 4.98 Å². The first-order valence-electron chi connectivity index (χ1n) is 9.92. The Labute approximate surface area is 179 Å². The summed E-state index contributed by atoms with van der Waals surface area (Å²) in [5, 5.41) is 8.60. The molecule has 7 nitrogen and oxygen atoms in total. The first-order chi connectivity index (χ1) is 14.7. The van der Waals surface area contributed by atoms with Crippen LogP contribution in [-0.4, -0.2) is 39.8 Å². The van der Waals surface area contributed by atoms with Gasteiger partial charge in [0.2, 0.25) is 5.91 Å². The van der Waals surface area contributed by atoms with E-state index in [4.69, 9.17) is 0 Å². The molecule has 3 heterocycles. The number of anilines is 2. The summed E-state index contributed by atoms with van der Waals surface area (Å²) >= 11 is 1.39. The molecule has 2 amide bonds. The predicted molar refractivity (Wildman–Crippen MR) is 117 cm³/mol. The van der Waals surface area contributed by atoms with Crippen molar-refractivity contribution in [3.8, 4) is 0 Å². The molecule has 1 unspecified atom stereocenters. The predicted octanol–water partition coefficient (Wildman–Crippen LogP) is 3.45. The third-order valence-electron chi connectivity index (χ3n) is 5.02. The van der Waals surface area contributed by atoms with Crippen LogP contribution < -0.4 is 10.6 Å². The average Bonchev–Trinajstić information content (AvgIpc) is 3.27. The van der Waals surface area contributed by atoms with Crippen LogP contribution in [0.5, 0.6) is 0 Å². The highest BCUT2D eigenvalue weighted by Gasteiger charge is 2.29. The highest BCUT2D eigenvalue weighted by molar-refractivity contribution is 7.14. The number of pyridine rings is 1. The second kappa shape index (κ2) is 9.49. The Kier molecular flexibility index (Phi) is 6.34. The van der Waals surface area contributed by atoms with E-state index in [1.54, 1.807) is 22.7 Å². The van der Waals surface area contributed by atoms with Crippen LogP contribution in [0.2, 0.25) is 0 Å². The number of benzene rings is 1. The number of carbonyl (C=O) groups is 2. The van der Waals surface area contributed by atoms with Gasteiger partial charge in [0.1, 0.15) is 5.69 Å². The fourth-order valence-corrected chi connectivity index (χ4v) is 4.15. The van der Waals surface area contributed by atoms with Crippen LogP contribution in [0.1, 0.15) is 28.9 Å². The standard InChI is InChI=1S/C22H23N5O2S/c28-20(24-13-16-6-4-10-23-12-16)17-7-5-11-27(14-17)21(29)19-15-30-22(26-19)25-18-8-2-1-3-9-18/h1-4,6,8-10,12,15,17H,5,7,11,13-14H2,(H,24,28)(H,25,26). The van der Waals surface area contributed by atoms with Crippen LogP contribution >= 0.6 is 11.3 Å². The molecule has 0 aliphatic carbocycles. The summed E-state index contributed by atoms with van der Waals surface area (Å²) in [6.07, 6.45) is 5.02. The van der Waals surface area contributed by atoms with Gasteiger partial charge in [0.05, 0.1) is 5.92 Å². The highest BCUT2D eigenvalue weighted by atomic mass is 32.1. The number of piperidine rings is 1. The molecule has 0 spiro atoms. The topological polar surface area (TPSA) is 87.2 Å². The Bertz CT molecular complexity index is 993. The summed E-state index contributed by atoms with van der Waals surface area (Å²) in [6, 6.07) is 13.5. The molecule has 2 aromatic heterocycles. The monoisotopic (exact) mass is 421 g/mol. The van der Waals surface area contributed by atoms with Crippen molar-refractivity contribution in [3.05, 3.63) is 71.5 Å². The van der Waals surface area contributed by atoms with Gasteiger partial charge in [-0.05, 0) is 36.6 Å². The molecule has 1 aliphatic heterocycles. The van der Waals surface area contributed by atoms with Crippen molar-refractivity contribution in [1.29, 1.82) is 0 Å². The number of hydrogen-bond acceptors (Lipinski definition) is 6. The number of para-hydroxylation sites is 1. The van der Waals surface area contributed by atoms with E-state index in [1.165, 1.54) is 11.3 Å². The second-order valence-electron chi connectivity index (χ2n) is 7.20. The maximum absolute atomic E-state index is 12.9. The summed E-state index contributed by atoms with van der Waals surface area (Å²) in [5.74, 6) is -0.363. The molecule has 0 bridgehead atoms. The lowest BCUT2D eigenvalue weighted by Crippen LogP contribution is -2.45. The van der Waals surface area contributed by atoms with Gasteiger partial charge in [0.15, 0.2) is 5.13 Å². The van der Waals surface area contributed by atoms with Gasteiger partial charge in [-0.3, -0.25) is 14.6 Å². The number of amides is 2. The van der Waals surface area contributed by atoms with Gasteiger partial charge in [-0.1, -0.05) is 24.3 Å². The molecule has 1 saturated heterocycles. The molecule has 154 valence electrons. The fraction of sp³-hybridized carbons (Fsp3) is 0.273. The lowest BCUT2D eigenvalue weighted by Gasteiger charge is -2.31. The number of carbonyl (C=O) groups excluding carboxylic acids is 2. The molecule has 1 aromatic carbocycles. The van der Waals surface area contributed by atoms with Gasteiger partial charge >= 0.3 is 0 Å². The number of likely N-dealkylation sites (tertiary alicyclic amines) is 1. The van der Waals surface area contributed by atoms with E-state index in [0.717, 1.165) is 24.1 Å². The summed E-state index contributed by atoms with van der Waals surface area (Å²) in [4.78, 5) is 35.7. The van der Waals surface area contributed by atoms with Crippen LogP contribution in [0.25, 0.3) is 0 Å². The Balaban J connectivity index is 1.33. The van der Waals surface area contributed by atoms with Gasteiger partial charge < -0.3 is 15.5 Å². The zero-order valence-electron chi connectivity index (χ0n) is 16.5. The normalized spacial score (nSPS) is 16.1. The highest BCUT2D eigenvalue weighted by Crippen LogP contribution is 2.23. The smallest absolute Gasteiger partial charge is 0.273 e. The minimum Gasteiger partial charge on any atom is -0.352 e. The molecule has 2 N–H and O–H groups in total. The van der Waals surface area contributed by atoms with Crippen LogP contribution in [0.3, 0.4) is 0 Å². The van der Waals surface area contributed by atoms with Crippen LogP contribution in [0, 0.1) is 5.92 Å². The minimum atomic E-state index is -0.208. The van der Waals surface area contributed by atoms with Crippen molar-refractivity contribution in [1.82, 2.24) is 20.2 Å². The van der Waals surface area contributed by atoms with Gasteiger partial charge in [0, 0.05) is 43.1 Å². The Morgan fingerprint density at radius 2 is 2.03 bits per heavy atom. The minimum absolute atomic E-state index is 0.0268. The molecule has 0 radical (unpaired) electrons. The third-order valence-corrected chi connectivity index (χ3v) is 5.78. The fourth-order valence-electron chi connectivity index (χ4n) is 3.45. The molecule has 0 saturated carbocycles. The zero-order valence-corrected chi connectivity index (χ0v) is 17.3. The summed E-state index contributed by atoms with van der Waals surface area (Å²) in [7, 11) is 0. The Morgan fingerprint density at radius 3 is 2.83 bits per heavy atom. The van der Waals surface area contributed by atoms with E-state index >= 15 is 0 Å². The van der Waals surface area contributed by atoms with Crippen molar-refractivity contribution in [2.45, 2.75) is 19.4 Å². The van der Waals surface area contributed by atoms with Gasteiger partial charge in [0.25, 0.3) is 5.91 Å². The SMILES string of the molecule is O=C(NCc1cccnc1)C1CCCN(C(=O)c2csc(Nc3ccccc3)n2)C1. The Morgan fingerprint density at radius 1 is 1.17 bits per heavy atom. The second-order valence-corrected chi connectivity index (χ2v) is 8.06. The molecule has 3 aromatic rings. The van der Waals surface area contributed by atoms with E-state index in [9.17, 15) is 9.59 Å². The van der Waals surface area contributed by atoms with E-state index in [2.05, 4.69) is 20.6 Å². The molecule has 30 heavy (non-hydrogen) atoms. The Hall–Kier alpha value is -3.26. The maximum atomic E-state index is 12.9. The maximum Gasteiger partial charge on any atom is 0.273 e. The zero-order chi connectivity index (χ0) is 20.8. The lowest BCUT2D eigenvalue weighted by atomic mass is 9.97. The average molecular weight is 422 g/mol. The van der Waals surface area contributed by atoms with E-state index < -0.39 is 0 Å². The van der Waals surface area contributed by atoms with E-state index in [0.29, 0.717) is 30.5 Å². The van der Waals surface area contributed by atoms with Crippen LogP contribution in [-0.2, 0) is 11.3 Å². The van der Waals surface area contributed by atoms with Gasteiger partial charge in [-0.2, -0.15) is 0 Å². The molecule has 1 fully saturated rings. The molecule has 4 rings (SSSR count). The molecule has 8 heteroatoms. The molecule has 1 atom stereocenters. The number of nitrogens with zero attached hydrogens (tertiary/aromatic N) is 3. The number of nitrogens with one attached hydrogen (secondary N) is 2. The van der Waals surface area contributed by atoms with Crippen LogP contribution in [0.15, 0.2) is 60.2 Å². The van der Waals surface area contributed by atoms with Gasteiger partial charge in [-0.15, -0.1) is 11.3 Å². The van der Waals surface area contributed by atoms with E-state index in [-0.39, 0.29) is 17.7 Å². The summed E-state index contributed by atoms with van der Waals surface area (Å²) < 4.78 is 0. The van der Waals surface area contributed by atoms with Crippen molar-refractivity contribution in [3.63, 3.8) is 0 Å². The van der Waals surface area contributed by atoms with Crippen molar-refractivity contribution in [2.24, 2.45) is 5.92 Å². The number of thiazole rings is 1. The molecular formula is C22H23N5O2S. The van der Waals surface area contributed by atoms with Crippen molar-refractivity contribution < 1.29 is 9.59 Å². The first kappa shape index (κ1) is 20.0. The first-order valence-corrected chi connectivity index (χ1v) is 10.8. The summed E-state index contributed by atoms with van der Waals surface area (Å²) in [6.45, 7) is 1.50. The molecular weight excluding hydrogens is 398 g/mol. The van der Waals surface area contributed by atoms with E-state index in [1.807, 2.05) is 42.5 Å². The number of aromatic nitrogens is 2. The third kappa shape index (κ3) is 5.01. The number of hydrogen-bond donors (Lipinski definition) is 2. The summed E-state index contributed by atoms with van der Waals surface area (Å²) in [5.41, 5.74) is 2.29. The number of rotatable bonds is 6. The quantitative estimate of drug-likeness (QED) is 0.637. The molecule has 1 aliphatic rings. The van der Waals surface area contributed by atoms with Crippen molar-refractivity contribution >= 4 is 34.0 Å². The van der Waals surface area contributed by atoms with Crippen LogP contribution in [0.4, 0.5) is 10.8 Å². The largest absolute Gasteiger partial charge is 0.352 e. The lowest BCUT2D eigenvalue weighted by molar-refractivity contribution is -0.126. The van der Waals surface area contributed by atoms with Crippen molar-refractivity contribution in [2.75, 3.05) is 18.4 Å².